The molecular formula is C20H18F3N3O4. The Morgan fingerprint density at radius 3 is 2.47 bits per heavy atom. The predicted molar refractivity (Wildman–Crippen MR) is 100 cm³/mol. The number of benzene rings is 2. The molecule has 7 nitrogen and oxygen atoms in total. The van der Waals surface area contributed by atoms with Crippen molar-refractivity contribution in [1.29, 1.82) is 0 Å². The van der Waals surface area contributed by atoms with Crippen molar-refractivity contribution in [2.75, 3.05) is 0 Å². The van der Waals surface area contributed by atoms with E-state index in [0.717, 1.165) is 5.56 Å². The molecule has 1 atom stereocenters. The first-order valence-corrected chi connectivity index (χ1v) is 8.88. The Morgan fingerprint density at radius 2 is 1.87 bits per heavy atom. The van der Waals surface area contributed by atoms with E-state index in [1.807, 2.05) is 6.92 Å². The first kappa shape index (κ1) is 21.2. The van der Waals surface area contributed by atoms with E-state index < -0.39 is 6.36 Å². The average Bonchev–Trinajstić information content (AvgIpc) is 3.13. The number of hydrogen-bond donors (Lipinski definition) is 1. The molecule has 0 aliphatic rings. The van der Waals surface area contributed by atoms with Gasteiger partial charge < -0.3 is 19.1 Å². The second-order valence-electron chi connectivity index (χ2n) is 6.47. The molecule has 158 valence electrons. The molecule has 3 aromatic rings. The molecule has 3 rings (SSSR count). The third-order valence-electron chi connectivity index (χ3n) is 4.12. The number of rotatable bonds is 6. The SMILES string of the molecule is Cc1nnc(-c2cccc(O/C(CC(C)c3ccc(OC(F)(F)F)cc3)=N/O)c2)o1. The number of hydrogen-bond acceptors (Lipinski definition) is 7. The van der Waals surface area contributed by atoms with E-state index in [1.54, 1.807) is 31.2 Å². The molecular weight excluding hydrogens is 403 g/mol. The summed E-state index contributed by atoms with van der Waals surface area (Å²) in [6.45, 7) is 3.50. The molecule has 0 amide bonds. The lowest BCUT2D eigenvalue weighted by molar-refractivity contribution is -0.274. The van der Waals surface area contributed by atoms with E-state index in [4.69, 9.17) is 9.15 Å². The van der Waals surface area contributed by atoms with Gasteiger partial charge in [0.15, 0.2) is 0 Å². The van der Waals surface area contributed by atoms with Gasteiger partial charge in [-0.1, -0.05) is 30.3 Å². The van der Waals surface area contributed by atoms with Crippen molar-refractivity contribution in [3.63, 3.8) is 0 Å². The molecule has 1 aromatic heterocycles. The van der Waals surface area contributed by atoms with E-state index in [1.165, 1.54) is 24.3 Å². The summed E-state index contributed by atoms with van der Waals surface area (Å²) < 4.78 is 51.7. The topological polar surface area (TPSA) is 90.0 Å². The molecule has 1 heterocycles. The minimum Gasteiger partial charge on any atom is -0.440 e. The highest BCUT2D eigenvalue weighted by Gasteiger charge is 2.31. The van der Waals surface area contributed by atoms with Crippen LogP contribution in [0, 0.1) is 6.92 Å². The molecule has 2 aromatic carbocycles. The van der Waals surface area contributed by atoms with E-state index in [2.05, 4.69) is 20.1 Å². The van der Waals surface area contributed by atoms with Crippen LogP contribution in [0.2, 0.25) is 0 Å². The van der Waals surface area contributed by atoms with Crippen LogP contribution in [-0.2, 0) is 0 Å². The van der Waals surface area contributed by atoms with Crippen LogP contribution < -0.4 is 9.47 Å². The quantitative estimate of drug-likeness (QED) is 0.251. The number of alkyl halides is 3. The smallest absolute Gasteiger partial charge is 0.440 e. The Bertz CT molecular complexity index is 1020. The first-order chi connectivity index (χ1) is 14.2. The van der Waals surface area contributed by atoms with Gasteiger partial charge in [0.2, 0.25) is 17.7 Å². The summed E-state index contributed by atoms with van der Waals surface area (Å²) in [6.07, 6.45) is -4.54. The Labute approximate surface area is 169 Å². The number of aryl methyl sites for hydroxylation is 1. The molecule has 0 saturated carbocycles. The first-order valence-electron chi connectivity index (χ1n) is 8.88. The molecule has 0 radical (unpaired) electrons. The van der Waals surface area contributed by atoms with Gasteiger partial charge in [0.05, 0.1) is 0 Å². The molecule has 0 spiro atoms. The lowest BCUT2D eigenvalue weighted by atomic mass is 9.98. The summed E-state index contributed by atoms with van der Waals surface area (Å²) in [5.74, 6) is 0.690. The zero-order valence-electron chi connectivity index (χ0n) is 16.1. The van der Waals surface area contributed by atoms with Gasteiger partial charge in [-0.25, -0.2) is 0 Å². The fraction of sp³-hybridized carbons (Fsp3) is 0.250. The van der Waals surface area contributed by atoms with Gasteiger partial charge in [0.25, 0.3) is 0 Å². The molecule has 0 bridgehead atoms. The van der Waals surface area contributed by atoms with Crippen LogP contribution in [0.25, 0.3) is 11.5 Å². The van der Waals surface area contributed by atoms with E-state index in [9.17, 15) is 18.4 Å². The van der Waals surface area contributed by atoms with Gasteiger partial charge in [-0.2, -0.15) is 0 Å². The maximum atomic E-state index is 12.3. The summed E-state index contributed by atoms with van der Waals surface area (Å²) in [4.78, 5) is 0. The number of oxime groups is 1. The van der Waals surface area contributed by atoms with Gasteiger partial charge in [-0.05, 0) is 41.8 Å². The van der Waals surface area contributed by atoms with Crippen LogP contribution in [0.3, 0.4) is 0 Å². The van der Waals surface area contributed by atoms with Crippen LogP contribution in [0.1, 0.15) is 30.7 Å². The molecule has 0 aliphatic carbocycles. The maximum Gasteiger partial charge on any atom is 0.573 e. The largest absolute Gasteiger partial charge is 0.573 e. The van der Waals surface area contributed by atoms with Crippen molar-refractivity contribution in [2.24, 2.45) is 5.16 Å². The summed E-state index contributed by atoms with van der Waals surface area (Å²) in [7, 11) is 0. The standard InChI is InChI=1S/C20H18F3N3O4/c1-12(14-6-8-16(9-7-14)30-20(21,22)23)10-18(26-27)29-17-5-3-4-15(11-17)19-25-24-13(2)28-19/h3-9,11-12,27H,10H2,1-2H3/b26-18+. The number of ether oxygens (including phenoxy) is 2. The molecule has 1 N–H and O–H groups in total. The highest BCUT2D eigenvalue weighted by Crippen LogP contribution is 2.28. The maximum absolute atomic E-state index is 12.3. The molecule has 30 heavy (non-hydrogen) atoms. The summed E-state index contributed by atoms with van der Waals surface area (Å²) in [6, 6.07) is 12.3. The summed E-state index contributed by atoms with van der Waals surface area (Å²) in [5, 5.41) is 20.2. The van der Waals surface area contributed by atoms with Crippen LogP contribution in [0.5, 0.6) is 11.5 Å². The second-order valence-corrected chi connectivity index (χ2v) is 6.47. The Kier molecular flexibility index (Phi) is 6.24. The van der Waals surface area contributed by atoms with Gasteiger partial charge in [-0.15, -0.1) is 23.4 Å². The normalized spacial score (nSPS) is 13.2. The fourth-order valence-electron chi connectivity index (χ4n) is 2.72. The lowest BCUT2D eigenvalue weighted by Gasteiger charge is -2.15. The van der Waals surface area contributed by atoms with E-state index in [-0.39, 0.29) is 24.0 Å². The molecule has 10 heteroatoms. The highest BCUT2D eigenvalue weighted by molar-refractivity contribution is 5.79. The van der Waals surface area contributed by atoms with Gasteiger partial charge in [0, 0.05) is 18.9 Å². The van der Waals surface area contributed by atoms with Gasteiger partial charge in [0.1, 0.15) is 11.5 Å². The lowest BCUT2D eigenvalue weighted by Crippen LogP contribution is -2.17. The van der Waals surface area contributed by atoms with Crippen molar-refractivity contribution >= 4 is 5.90 Å². The van der Waals surface area contributed by atoms with Crippen molar-refractivity contribution in [3.8, 4) is 23.0 Å². The molecule has 0 aliphatic heterocycles. The van der Waals surface area contributed by atoms with Crippen molar-refractivity contribution in [3.05, 3.63) is 60.0 Å². The van der Waals surface area contributed by atoms with Crippen LogP contribution >= 0.6 is 0 Å². The zero-order valence-corrected chi connectivity index (χ0v) is 16.1. The average molecular weight is 421 g/mol. The second kappa shape index (κ2) is 8.85. The third-order valence-corrected chi connectivity index (χ3v) is 4.12. The van der Waals surface area contributed by atoms with Gasteiger partial charge in [-0.3, -0.25) is 0 Å². The molecule has 1 unspecified atom stereocenters. The predicted octanol–water partition coefficient (Wildman–Crippen LogP) is 5.30. The monoisotopic (exact) mass is 421 g/mol. The van der Waals surface area contributed by atoms with Gasteiger partial charge >= 0.3 is 6.36 Å². The van der Waals surface area contributed by atoms with Crippen molar-refractivity contribution < 1.29 is 32.3 Å². The minimum atomic E-state index is -4.74. The number of aromatic nitrogens is 2. The molecule has 0 saturated heterocycles. The summed E-state index contributed by atoms with van der Waals surface area (Å²) >= 11 is 0. The highest BCUT2D eigenvalue weighted by atomic mass is 19.4. The molecule has 0 fully saturated rings. The van der Waals surface area contributed by atoms with Crippen molar-refractivity contribution in [2.45, 2.75) is 32.5 Å². The third kappa shape index (κ3) is 5.72. The van der Waals surface area contributed by atoms with Crippen LogP contribution in [0.15, 0.2) is 58.1 Å². The summed E-state index contributed by atoms with van der Waals surface area (Å²) in [5.41, 5.74) is 1.36. The minimum absolute atomic E-state index is 0.0389. The van der Waals surface area contributed by atoms with Crippen LogP contribution in [-0.4, -0.2) is 27.7 Å². The Morgan fingerprint density at radius 1 is 1.13 bits per heavy atom. The number of halogens is 3. The van der Waals surface area contributed by atoms with E-state index >= 15 is 0 Å². The number of nitrogens with zero attached hydrogens (tertiary/aromatic N) is 3. The Hall–Kier alpha value is -3.56. The van der Waals surface area contributed by atoms with Crippen molar-refractivity contribution in [1.82, 2.24) is 10.2 Å². The zero-order chi connectivity index (χ0) is 21.7. The van der Waals surface area contributed by atoms with E-state index in [0.29, 0.717) is 23.1 Å². The van der Waals surface area contributed by atoms with Crippen LogP contribution in [0.4, 0.5) is 13.2 Å². The fourth-order valence-corrected chi connectivity index (χ4v) is 2.72. The Balaban J connectivity index is 1.66.